The maximum absolute atomic E-state index is 12.0. The summed E-state index contributed by atoms with van der Waals surface area (Å²) in [5.41, 5.74) is 0.534. The van der Waals surface area contributed by atoms with Gasteiger partial charge < -0.3 is 20.9 Å². The van der Waals surface area contributed by atoms with E-state index in [2.05, 4.69) is 16.0 Å². The highest BCUT2D eigenvalue weighted by molar-refractivity contribution is 6.33. The van der Waals surface area contributed by atoms with Gasteiger partial charge in [0.25, 0.3) is 11.8 Å². The molecule has 0 aliphatic heterocycles. The van der Waals surface area contributed by atoms with Crippen LogP contribution in [0.3, 0.4) is 0 Å². The lowest BCUT2D eigenvalue weighted by molar-refractivity contribution is -0.862. The number of amides is 3. The zero-order chi connectivity index (χ0) is 18.1. The molecule has 0 aliphatic rings. The molecule has 1 aromatic carbocycles. The van der Waals surface area contributed by atoms with Crippen LogP contribution in [0.5, 0.6) is 0 Å². The third kappa shape index (κ3) is 7.94. The second-order valence-corrected chi connectivity index (χ2v) is 6.24. The molecule has 132 valence electrons. The predicted molar refractivity (Wildman–Crippen MR) is 93.0 cm³/mol. The number of rotatable bonds is 8. The fourth-order valence-electron chi connectivity index (χ4n) is 1.98. The zero-order valence-electron chi connectivity index (χ0n) is 14.1. The summed E-state index contributed by atoms with van der Waals surface area (Å²) in [6.07, 6.45) is 0. The SMILES string of the molecule is CC(C)NC(=O)CNC(=O)C[NH+](C)CC(=O)Nc1ccccc1Cl. The Morgan fingerprint density at radius 2 is 1.71 bits per heavy atom. The van der Waals surface area contributed by atoms with Gasteiger partial charge >= 0.3 is 0 Å². The summed E-state index contributed by atoms with van der Waals surface area (Å²) in [6, 6.07) is 6.96. The first-order valence-electron chi connectivity index (χ1n) is 7.69. The van der Waals surface area contributed by atoms with Crippen LogP contribution in [0.4, 0.5) is 5.69 Å². The Morgan fingerprint density at radius 1 is 1.08 bits per heavy atom. The van der Waals surface area contributed by atoms with Gasteiger partial charge in [-0.05, 0) is 26.0 Å². The van der Waals surface area contributed by atoms with Crippen LogP contribution in [0, 0.1) is 0 Å². The number of para-hydroxylation sites is 1. The van der Waals surface area contributed by atoms with E-state index in [1.54, 1.807) is 31.3 Å². The molecule has 0 saturated heterocycles. The summed E-state index contributed by atoms with van der Waals surface area (Å²) in [7, 11) is 1.72. The lowest BCUT2D eigenvalue weighted by Gasteiger charge is -2.14. The van der Waals surface area contributed by atoms with E-state index in [1.165, 1.54) is 0 Å². The van der Waals surface area contributed by atoms with Crippen LogP contribution >= 0.6 is 11.6 Å². The number of benzene rings is 1. The normalized spacial score (nSPS) is 11.7. The highest BCUT2D eigenvalue weighted by Crippen LogP contribution is 2.19. The molecule has 0 saturated carbocycles. The number of carbonyl (C=O) groups is 3. The van der Waals surface area contributed by atoms with Crippen LogP contribution < -0.4 is 20.9 Å². The monoisotopic (exact) mass is 355 g/mol. The van der Waals surface area contributed by atoms with Crippen molar-refractivity contribution in [3.8, 4) is 0 Å². The number of hydrogen-bond donors (Lipinski definition) is 4. The highest BCUT2D eigenvalue weighted by atomic mass is 35.5. The predicted octanol–water partition coefficient (Wildman–Crippen LogP) is -0.566. The van der Waals surface area contributed by atoms with Gasteiger partial charge in [0.15, 0.2) is 13.1 Å². The van der Waals surface area contributed by atoms with Crippen molar-refractivity contribution < 1.29 is 19.3 Å². The van der Waals surface area contributed by atoms with E-state index in [1.807, 2.05) is 13.8 Å². The van der Waals surface area contributed by atoms with E-state index in [-0.39, 0.29) is 43.4 Å². The summed E-state index contributed by atoms with van der Waals surface area (Å²) >= 11 is 5.97. The average Bonchev–Trinajstić information content (AvgIpc) is 2.46. The largest absolute Gasteiger partial charge is 0.352 e. The van der Waals surface area contributed by atoms with Gasteiger partial charge in [0.1, 0.15) is 0 Å². The molecule has 0 radical (unpaired) electrons. The smallest absolute Gasteiger partial charge is 0.279 e. The first kappa shape index (κ1) is 19.9. The zero-order valence-corrected chi connectivity index (χ0v) is 14.9. The molecule has 0 heterocycles. The van der Waals surface area contributed by atoms with E-state index in [0.717, 1.165) is 0 Å². The standard InChI is InChI=1S/C16H23ClN4O3/c1-11(2)19-14(22)8-18-15(23)9-21(3)10-16(24)20-13-7-5-4-6-12(13)17/h4-7,11H,8-10H2,1-3H3,(H,18,23)(H,19,22)(H,20,24)/p+1. The minimum atomic E-state index is -0.294. The Balaban J connectivity index is 2.33. The van der Waals surface area contributed by atoms with Crippen molar-refractivity contribution in [1.82, 2.24) is 10.6 Å². The fourth-order valence-corrected chi connectivity index (χ4v) is 2.17. The van der Waals surface area contributed by atoms with Crippen LogP contribution in [0.1, 0.15) is 13.8 Å². The Hall–Kier alpha value is -2.12. The van der Waals surface area contributed by atoms with E-state index < -0.39 is 0 Å². The lowest BCUT2D eigenvalue weighted by Crippen LogP contribution is -3.11. The Morgan fingerprint density at radius 3 is 2.33 bits per heavy atom. The molecule has 0 fully saturated rings. The molecule has 0 spiro atoms. The molecular weight excluding hydrogens is 332 g/mol. The van der Waals surface area contributed by atoms with Gasteiger partial charge in [0, 0.05) is 6.04 Å². The third-order valence-corrected chi connectivity index (χ3v) is 3.30. The molecule has 1 rings (SSSR count). The summed E-state index contributed by atoms with van der Waals surface area (Å²) in [6.45, 7) is 3.81. The molecule has 8 heteroatoms. The third-order valence-electron chi connectivity index (χ3n) is 2.97. The van der Waals surface area contributed by atoms with Crippen LogP contribution in [0.15, 0.2) is 24.3 Å². The fraction of sp³-hybridized carbons (Fsp3) is 0.438. The van der Waals surface area contributed by atoms with Gasteiger partial charge in [0.05, 0.1) is 24.3 Å². The number of halogens is 1. The van der Waals surface area contributed by atoms with Gasteiger partial charge in [0.2, 0.25) is 5.91 Å². The van der Waals surface area contributed by atoms with E-state index in [0.29, 0.717) is 15.6 Å². The molecule has 1 atom stereocenters. The lowest BCUT2D eigenvalue weighted by atomic mass is 10.3. The average molecular weight is 356 g/mol. The molecular formula is C16H24ClN4O3+. The highest BCUT2D eigenvalue weighted by Gasteiger charge is 2.15. The maximum atomic E-state index is 12.0. The summed E-state index contributed by atoms with van der Waals surface area (Å²) in [5, 5.41) is 8.36. The molecule has 4 N–H and O–H groups in total. The van der Waals surface area contributed by atoms with Crippen molar-refractivity contribution in [2.45, 2.75) is 19.9 Å². The van der Waals surface area contributed by atoms with Crippen LogP contribution in [-0.4, -0.2) is 50.4 Å². The number of nitrogens with one attached hydrogen (secondary N) is 4. The molecule has 24 heavy (non-hydrogen) atoms. The van der Waals surface area contributed by atoms with Gasteiger partial charge in [-0.25, -0.2) is 0 Å². The van der Waals surface area contributed by atoms with Gasteiger partial charge in [-0.3, -0.25) is 14.4 Å². The summed E-state index contributed by atoms with van der Waals surface area (Å²) < 4.78 is 0. The number of quaternary nitrogens is 1. The first-order chi connectivity index (χ1) is 11.3. The first-order valence-corrected chi connectivity index (χ1v) is 8.07. The van der Waals surface area contributed by atoms with Crippen molar-refractivity contribution >= 4 is 35.0 Å². The quantitative estimate of drug-likeness (QED) is 0.503. The van der Waals surface area contributed by atoms with Crippen LogP contribution in [0.25, 0.3) is 0 Å². The Kier molecular flexibility index (Phi) is 8.21. The van der Waals surface area contributed by atoms with Crippen molar-refractivity contribution in [3.63, 3.8) is 0 Å². The minimum absolute atomic E-state index is 0.0243. The maximum Gasteiger partial charge on any atom is 0.279 e. The Labute approximate surface area is 146 Å². The second-order valence-electron chi connectivity index (χ2n) is 5.84. The van der Waals surface area contributed by atoms with Gasteiger partial charge in [-0.2, -0.15) is 0 Å². The molecule has 0 aliphatic carbocycles. The summed E-state index contributed by atoms with van der Waals surface area (Å²) in [5.74, 6) is -0.782. The number of likely N-dealkylation sites (N-methyl/N-ethyl adjacent to an activating group) is 1. The van der Waals surface area contributed by atoms with Crippen LogP contribution in [0.2, 0.25) is 5.02 Å². The topological polar surface area (TPSA) is 91.7 Å². The molecule has 7 nitrogen and oxygen atoms in total. The van der Waals surface area contributed by atoms with E-state index >= 15 is 0 Å². The van der Waals surface area contributed by atoms with Crippen molar-refractivity contribution in [2.75, 3.05) is 32.0 Å². The minimum Gasteiger partial charge on any atom is -0.352 e. The molecule has 0 aromatic heterocycles. The second kappa shape index (κ2) is 9.89. The molecule has 1 aromatic rings. The Bertz CT molecular complexity index is 592. The van der Waals surface area contributed by atoms with Crippen LogP contribution in [-0.2, 0) is 14.4 Å². The van der Waals surface area contributed by atoms with E-state index in [9.17, 15) is 14.4 Å². The van der Waals surface area contributed by atoms with Crippen molar-refractivity contribution in [2.24, 2.45) is 0 Å². The number of hydrogen-bond acceptors (Lipinski definition) is 3. The van der Waals surface area contributed by atoms with E-state index in [4.69, 9.17) is 11.6 Å². The number of anilines is 1. The van der Waals surface area contributed by atoms with Crippen molar-refractivity contribution in [3.05, 3.63) is 29.3 Å². The van der Waals surface area contributed by atoms with Crippen molar-refractivity contribution in [1.29, 1.82) is 0 Å². The van der Waals surface area contributed by atoms with Gasteiger partial charge in [-0.15, -0.1) is 0 Å². The summed E-state index contributed by atoms with van der Waals surface area (Å²) in [4.78, 5) is 35.9. The molecule has 0 bridgehead atoms. The molecule has 3 amide bonds. The number of carbonyl (C=O) groups excluding carboxylic acids is 3. The van der Waals surface area contributed by atoms with Gasteiger partial charge in [-0.1, -0.05) is 23.7 Å². The molecule has 1 unspecified atom stereocenters.